The summed E-state index contributed by atoms with van der Waals surface area (Å²) < 4.78 is 5.95. The normalized spacial score (nSPS) is 24.9. The highest BCUT2D eigenvalue weighted by molar-refractivity contribution is 5.79. The molecule has 2 aliphatic heterocycles. The molecule has 34 heavy (non-hydrogen) atoms. The molecule has 3 aliphatic rings. The van der Waals surface area contributed by atoms with Gasteiger partial charge in [-0.2, -0.15) is 0 Å². The van der Waals surface area contributed by atoms with E-state index >= 15 is 0 Å². The molecule has 4 heteroatoms. The van der Waals surface area contributed by atoms with E-state index in [2.05, 4.69) is 42.3 Å². The van der Waals surface area contributed by atoms with Crippen molar-refractivity contribution in [3.63, 3.8) is 0 Å². The van der Waals surface area contributed by atoms with Crippen LogP contribution in [0.25, 0.3) is 11.1 Å². The lowest BCUT2D eigenvalue weighted by molar-refractivity contribution is -0.0531. The summed E-state index contributed by atoms with van der Waals surface area (Å²) in [7, 11) is 0. The minimum absolute atomic E-state index is 0.0216. The van der Waals surface area contributed by atoms with E-state index in [1.54, 1.807) is 0 Å². The number of hydrogen-bond acceptors (Lipinski definition) is 3. The van der Waals surface area contributed by atoms with Crippen LogP contribution in [0.4, 0.5) is 4.79 Å². The third-order valence-electron chi connectivity index (χ3n) is 7.90. The summed E-state index contributed by atoms with van der Waals surface area (Å²) >= 11 is 0. The molecule has 1 aliphatic carbocycles. The first-order valence-corrected chi connectivity index (χ1v) is 12.0. The average molecular weight is 450 g/mol. The lowest BCUT2D eigenvalue weighted by Gasteiger charge is -2.43. The molecule has 2 fully saturated rings. The number of carbonyl (C=O) groups is 1. The Labute approximate surface area is 200 Å². The van der Waals surface area contributed by atoms with Crippen molar-refractivity contribution in [3.8, 4) is 23.5 Å². The van der Waals surface area contributed by atoms with Gasteiger partial charge in [-0.25, -0.2) is 4.79 Å². The number of carbonyl (C=O) groups excluding carboxylic acids is 1. The number of amides is 1. The Morgan fingerprint density at radius 3 is 2.06 bits per heavy atom. The largest absolute Gasteiger partial charge is 0.448 e. The molecule has 1 N–H and O–H groups in total. The maximum Gasteiger partial charge on any atom is 0.410 e. The van der Waals surface area contributed by atoms with Gasteiger partial charge in [0, 0.05) is 36.4 Å². The van der Waals surface area contributed by atoms with E-state index in [4.69, 9.17) is 11.2 Å². The molecule has 0 spiro atoms. The van der Waals surface area contributed by atoms with Gasteiger partial charge < -0.3 is 14.7 Å². The van der Waals surface area contributed by atoms with E-state index in [9.17, 15) is 9.90 Å². The Bertz CT molecular complexity index is 1230. The van der Waals surface area contributed by atoms with Gasteiger partial charge >= 0.3 is 6.09 Å². The molecule has 3 aromatic rings. The number of ether oxygens (including phenoxy) is 1. The van der Waals surface area contributed by atoms with Crippen molar-refractivity contribution in [2.24, 2.45) is 0 Å². The second-order valence-electron chi connectivity index (χ2n) is 9.76. The van der Waals surface area contributed by atoms with Crippen LogP contribution in [0.2, 0.25) is 0 Å². The summed E-state index contributed by atoms with van der Waals surface area (Å²) in [6.45, 7) is 0.320. The molecule has 1 amide bonds. The van der Waals surface area contributed by atoms with Crippen molar-refractivity contribution in [3.05, 3.63) is 95.1 Å². The SMILES string of the molecule is C#Cc1ccc(C2(O)CC3CCC(C2)N3C(=O)OCC2c3ccccc3-c3ccccc32)cc1. The predicted octanol–water partition coefficient (Wildman–Crippen LogP) is 5.43. The van der Waals surface area contributed by atoms with Crippen LogP contribution in [-0.2, 0) is 10.3 Å². The minimum Gasteiger partial charge on any atom is -0.448 e. The molecule has 2 heterocycles. The zero-order chi connectivity index (χ0) is 23.3. The summed E-state index contributed by atoms with van der Waals surface area (Å²) in [6.07, 6.45) is 8.02. The van der Waals surface area contributed by atoms with Gasteiger partial charge in [-0.05, 0) is 52.8 Å². The van der Waals surface area contributed by atoms with Crippen LogP contribution >= 0.6 is 0 Å². The summed E-state index contributed by atoms with van der Waals surface area (Å²) in [5.41, 5.74) is 5.59. The zero-order valence-electron chi connectivity index (χ0n) is 19.0. The van der Waals surface area contributed by atoms with Crippen LogP contribution in [-0.4, -0.2) is 34.8 Å². The van der Waals surface area contributed by atoms with Crippen molar-refractivity contribution in [1.82, 2.24) is 4.90 Å². The molecular weight excluding hydrogens is 422 g/mol. The molecule has 0 aromatic heterocycles. The Morgan fingerprint density at radius 2 is 1.50 bits per heavy atom. The van der Waals surface area contributed by atoms with Gasteiger partial charge in [0.2, 0.25) is 0 Å². The van der Waals surface area contributed by atoms with Gasteiger partial charge in [0.15, 0.2) is 0 Å². The molecular formula is C30H27NO3. The smallest absolute Gasteiger partial charge is 0.410 e. The van der Waals surface area contributed by atoms with Crippen molar-refractivity contribution in [2.75, 3.05) is 6.61 Å². The molecule has 6 rings (SSSR count). The van der Waals surface area contributed by atoms with Gasteiger partial charge in [-0.1, -0.05) is 66.6 Å². The number of rotatable bonds is 3. The molecule has 4 nitrogen and oxygen atoms in total. The number of aliphatic hydroxyl groups is 1. The van der Waals surface area contributed by atoms with Crippen molar-refractivity contribution in [2.45, 2.75) is 49.3 Å². The van der Waals surface area contributed by atoms with E-state index in [1.165, 1.54) is 22.3 Å². The molecule has 2 bridgehead atoms. The second-order valence-corrected chi connectivity index (χ2v) is 9.76. The first kappa shape index (κ1) is 21.0. The standard InChI is InChI=1S/C30H27NO3/c1-2-20-11-13-21(14-12-20)30(33)17-22-15-16-23(18-30)31(22)29(32)34-19-28-26-9-5-3-7-24(26)25-8-4-6-10-27(25)28/h1,3-14,22-23,28,33H,15-19H2. The van der Waals surface area contributed by atoms with Gasteiger partial charge in [-0.3, -0.25) is 0 Å². The molecule has 3 aromatic carbocycles. The van der Waals surface area contributed by atoms with E-state index in [1.807, 2.05) is 41.3 Å². The van der Waals surface area contributed by atoms with Crippen LogP contribution in [0.5, 0.6) is 0 Å². The topological polar surface area (TPSA) is 49.8 Å². The fourth-order valence-corrected chi connectivity index (χ4v) is 6.30. The van der Waals surface area contributed by atoms with E-state index in [0.29, 0.717) is 19.4 Å². The highest BCUT2D eigenvalue weighted by Crippen LogP contribution is 2.47. The monoisotopic (exact) mass is 449 g/mol. The molecule has 2 unspecified atom stereocenters. The quantitative estimate of drug-likeness (QED) is 0.543. The number of hydrogen-bond donors (Lipinski definition) is 1. The summed E-state index contributed by atoms with van der Waals surface area (Å²) in [5, 5.41) is 11.5. The second kappa shape index (κ2) is 8.04. The maximum absolute atomic E-state index is 13.3. The molecule has 0 radical (unpaired) electrons. The van der Waals surface area contributed by atoms with Gasteiger partial charge in [0.25, 0.3) is 0 Å². The lowest BCUT2D eigenvalue weighted by atomic mass is 9.80. The Kier molecular flexibility index (Phi) is 4.97. The zero-order valence-corrected chi connectivity index (χ0v) is 19.0. The molecule has 2 saturated heterocycles. The highest BCUT2D eigenvalue weighted by atomic mass is 16.6. The van der Waals surface area contributed by atoms with Crippen molar-refractivity contribution < 1.29 is 14.6 Å². The predicted molar refractivity (Wildman–Crippen MR) is 131 cm³/mol. The Balaban J connectivity index is 1.18. The van der Waals surface area contributed by atoms with E-state index in [-0.39, 0.29) is 24.1 Å². The average Bonchev–Trinajstić information content (AvgIpc) is 3.34. The van der Waals surface area contributed by atoms with Gasteiger partial charge in [0.1, 0.15) is 6.61 Å². The van der Waals surface area contributed by atoms with Crippen molar-refractivity contribution in [1.29, 1.82) is 0 Å². The number of benzene rings is 3. The number of nitrogens with zero attached hydrogens (tertiary/aromatic N) is 1. The number of piperidine rings is 1. The lowest BCUT2D eigenvalue weighted by Crippen LogP contribution is -2.52. The molecule has 170 valence electrons. The minimum atomic E-state index is -0.945. The third-order valence-corrected chi connectivity index (χ3v) is 7.90. The summed E-state index contributed by atoms with van der Waals surface area (Å²) in [4.78, 5) is 15.2. The van der Waals surface area contributed by atoms with Crippen LogP contribution < -0.4 is 0 Å². The van der Waals surface area contributed by atoms with Gasteiger partial charge in [0.05, 0.1) is 5.60 Å². The van der Waals surface area contributed by atoms with Crippen LogP contribution in [0.15, 0.2) is 72.8 Å². The van der Waals surface area contributed by atoms with Crippen LogP contribution in [0.3, 0.4) is 0 Å². The molecule has 2 atom stereocenters. The van der Waals surface area contributed by atoms with E-state index in [0.717, 1.165) is 24.0 Å². The summed E-state index contributed by atoms with van der Waals surface area (Å²) in [6, 6.07) is 24.2. The first-order chi connectivity index (χ1) is 16.6. The number of fused-ring (bicyclic) bond motifs is 5. The maximum atomic E-state index is 13.3. The first-order valence-electron chi connectivity index (χ1n) is 12.0. The Morgan fingerprint density at radius 1 is 0.941 bits per heavy atom. The fourth-order valence-electron chi connectivity index (χ4n) is 6.30. The fraction of sp³-hybridized carbons (Fsp3) is 0.300. The third kappa shape index (κ3) is 3.31. The molecule has 0 saturated carbocycles. The highest BCUT2D eigenvalue weighted by Gasteiger charge is 2.50. The van der Waals surface area contributed by atoms with Crippen LogP contribution in [0, 0.1) is 12.3 Å². The number of terminal acetylenes is 1. The Hall–Kier alpha value is -3.55. The van der Waals surface area contributed by atoms with Crippen LogP contribution in [0.1, 0.15) is 53.9 Å². The van der Waals surface area contributed by atoms with Crippen molar-refractivity contribution >= 4 is 6.09 Å². The van der Waals surface area contributed by atoms with E-state index < -0.39 is 5.60 Å². The van der Waals surface area contributed by atoms with Gasteiger partial charge in [-0.15, -0.1) is 6.42 Å². The summed E-state index contributed by atoms with van der Waals surface area (Å²) in [5.74, 6) is 2.67.